The Kier molecular flexibility index (Phi) is 4.06. The quantitative estimate of drug-likeness (QED) is 0.277. The zero-order chi connectivity index (χ0) is 13.0. The molecule has 0 fully saturated rings. The van der Waals surface area contributed by atoms with E-state index >= 15 is 0 Å². The molecular formula is C10H5BrN2O4. The molecule has 0 bridgehead atoms. The number of nitrogens with zero attached hydrogens (tertiary/aromatic N) is 2. The van der Waals surface area contributed by atoms with Gasteiger partial charge in [0.15, 0.2) is 5.78 Å². The van der Waals surface area contributed by atoms with Crippen LogP contribution in [0.25, 0.3) is 0 Å². The molecular weight excluding hydrogens is 292 g/mol. The molecule has 1 aromatic rings. The SMILES string of the molecule is N#Cc1cc(C=O)cc([N+](=O)[O-])c1C(=O)CBr. The normalized spacial score (nSPS) is 9.41. The standard InChI is InChI=1S/C10H5BrN2O4/c11-3-9(15)10-7(4-12)1-6(5-14)2-8(10)13(16)17/h1-2,5H,3H2. The molecule has 0 N–H and O–H groups in total. The van der Waals surface area contributed by atoms with Crippen molar-refractivity contribution >= 4 is 33.7 Å². The van der Waals surface area contributed by atoms with Crippen LogP contribution in [0.4, 0.5) is 5.69 Å². The summed E-state index contributed by atoms with van der Waals surface area (Å²) in [7, 11) is 0. The van der Waals surface area contributed by atoms with E-state index in [0.717, 1.165) is 12.1 Å². The third kappa shape index (κ3) is 2.54. The summed E-state index contributed by atoms with van der Waals surface area (Å²) in [6, 6.07) is 3.80. The molecule has 0 saturated carbocycles. The molecule has 0 aliphatic heterocycles. The lowest BCUT2D eigenvalue weighted by atomic mass is 10.00. The lowest BCUT2D eigenvalue weighted by Gasteiger charge is -2.03. The second kappa shape index (κ2) is 5.32. The Morgan fingerprint density at radius 1 is 1.59 bits per heavy atom. The highest BCUT2D eigenvalue weighted by Gasteiger charge is 2.24. The maximum Gasteiger partial charge on any atom is 0.282 e. The summed E-state index contributed by atoms with van der Waals surface area (Å²) in [5.74, 6) is -0.578. The molecule has 0 radical (unpaired) electrons. The van der Waals surface area contributed by atoms with Crippen LogP contribution in [0.1, 0.15) is 26.3 Å². The average Bonchev–Trinajstić information content (AvgIpc) is 2.35. The predicted octanol–water partition coefficient (Wildman–Crippen LogP) is 1.86. The van der Waals surface area contributed by atoms with Crippen LogP contribution in [0.2, 0.25) is 0 Å². The Morgan fingerprint density at radius 2 is 2.24 bits per heavy atom. The fourth-order valence-corrected chi connectivity index (χ4v) is 1.59. The first-order valence-electron chi connectivity index (χ1n) is 4.32. The third-order valence-corrected chi connectivity index (χ3v) is 2.50. The van der Waals surface area contributed by atoms with Gasteiger partial charge in [0.2, 0.25) is 0 Å². The summed E-state index contributed by atoms with van der Waals surface area (Å²) in [6.45, 7) is 0. The summed E-state index contributed by atoms with van der Waals surface area (Å²) >= 11 is 2.88. The van der Waals surface area contributed by atoms with Crippen LogP contribution in [0.3, 0.4) is 0 Å². The third-order valence-electron chi connectivity index (χ3n) is 1.99. The second-order valence-corrected chi connectivity index (χ2v) is 3.57. The maximum atomic E-state index is 11.5. The molecule has 0 aliphatic carbocycles. The molecule has 0 heterocycles. The molecule has 7 heteroatoms. The summed E-state index contributed by atoms with van der Waals surface area (Å²) in [6.07, 6.45) is 0.385. The topological polar surface area (TPSA) is 101 Å². The van der Waals surface area contributed by atoms with Crippen LogP contribution >= 0.6 is 15.9 Å². The van der Waals surface area contributed by atoms with E-state index in [-0.39, 0.29) is 22.0 Å². The number of benzene rings is 1. The van der Waals surface area contributed by atoms with E-state index in [4.69, 9.17) is 5.26 Å². The Bertz CT molecular complexity index is 548. The minimum Gasteiger partial charge on any atom is -0.298 e. The first-order valence-corrected chi connectivity index (χ1v) is 5.44. The summed E-state index contributed by atoms with van der Waals surface area (Å²) in [5.41, 5.74) is -0.999. The van der Waals surface area contributed by atoms with Crippen molar-refractivity contribution < 1.29 is 14.5 Å². The number of nitriles is 1. The Hall–Kier alpha value is -2.07. The number of rotatable bonds is 4. The molecule has 0 spiro atoms. The molecule has 0 atom stereocenters. The Labute approximate surface area is 104 Å². The number of nitro benzene ring substituents is 1. The molecule has 0 aromatic heterocycles. The zero-order valence-electron chi connectivity index (χ0n) is 8.34. The summed E-state index contributed by atoms with van der Waals surface area (Å²) in [4.78, 5) is 32.1. The maximum absolute atomic E-state index is 11.5. The van der Waals surface area contributed by atoms with Crippen molar-refractivity contribution in [2.75, 3.05) is 5.33 Å². The van der Waals surface area contributed by atoms with E-state index in [1.54, 1.807) is 6.07 Å². The van der Waals surface area contributed by atoms with Gasteiger partial charge < -0.3 is 0 Å². The molecule has 86 valence electrons. The van der Waals surface area contributed by atoms with E-state index in [2.05, 4.69) is 15.9 Å². The fourth-order valence-electron chi connectivity index (χ4n) is 1.31. The number of ketones is 1. The van der Waals surface area contributed by atoms with E-state index in [9.17, 15) is 19.7 Å². The lowest BCUT2D eigenvalue weighted by Crippen LogP contribution is -2.08. The van der Waals surface area contributed by atoms with Gasteiger partial charge in [-0.25, -0.2) is 0 Å². The van der Waals surface area contributed by atoms with Gasteiger partial charge in [-0.2, -0.15) is 5.26 Å². The van der Waals surface area contributed by atoms with Gasteiger partial charge in [0.25, 0.3) is 5.69 Å². The van der Waals surface area contributed by atoms with Crippen molar-refractivity contribution in [2.24, 2.45) is 0 Å². The number of Topliss-reactive ketones (excluding diaryl/α,β-unsaturated/α-hetero) is 1. The first-order chi connectivity index (χ1) is 8.04. The molecule has 0 unspecified atom stereocenters. The summed E-state index contributed by atoms with van der Waals surface area (Å²) < 4.78 is 0. The number of hydrogen-bond donors (Lipinski definition) is 0. The molecule has 0 amide bonds. The molecule has 1 rings (SSSR count). The number of nitro groups is 1. The van der Waals surface area contributed by atoms with Gasteiger partial charge in [0.05, 0.1) is 15.8 Å². The number of alkyl halides is 1. The van der Waals surface area contributed by atoms with E-state index in [1.807, 2.05) is 0 Å². The highest BCUT2D eigenvalue weighted by Crippen LogP contribution is 2.25. The van der Waals surface area contributed by atoms with E-state index < -0.39 is 16.4 Å². The number of aldehydes is 1. The van der Waals surface area contributed by atoms with Gasteiger partial charge >= 0.3 is 0 Å². The van der Waals surface area contributed by atoms with Crippen LogP contribution in [-0.2, 0) is 0 Å². The van der Waals surface area contributed by atoms with Gasteiger partial charge in [-0.3, -0.25) is 19.7 Å². The fraction of sp³-hybridized carbons (Fsp3) is 0.100. The number of carbonyl (C=O) groups is 2. The van der Waals surface area contributed by atoms with Crippen molar-refractivity contribution in [1.29, 1.82) is 5.26 Å². The molecule has 6 nitrogen and oxygen atoms in total. The van der Waals surface area contributed by atoms with Gasteiger partial charge in [0.1, 0.15) is 17.9 Å². The predicted molar refractivity (Wildman–Crippen MR) is 61.3 cm³/mol. The van der Waals surface area contributed by atoms with Crippen LogP contribution in [-0.4, -0.2) is 22.3 Å². The van der Waals surface area contributed by atoms with Gasteiger partial charge in [-0.05, 0) is 6.07 Å². The minimum absolute atomic E-state index is 0.0145. The van der Waals surface area contributed by atoms with Gasteiger partial charge in [0, 0.05) is 11.6 Å². The minimum atomic E-state index is -0.788. The highest BCUT2D eigenvalue weighted by molar-refractivity contribution is 9.09. The second-order valence-electron chi connectivity index (χ2n) is 3.01. The largest absolute Gasteiger partial charge is 0.298 e. The number of carbonyl (C=O) groups excluding carboxylic acids is 2. The molecule has 0 saturated heterocycles. The number of hydrogen-bond acceptors (Lipinski definition) is 5. The molecule has 17 heavy (non-hydrogen) atoms. The van der Waals surface area contributed by atoms with Crippen molar-refractivity contribution in [3.8, 4) is 6.07 Å². The molecule has 1 aromatic carbocycles. The highest BCUT2D eigenvalue weighted by atomic mass is 79.9. The monoisotopic (exact) mass is 296 g/mol. The lowest BCUT2D eigenvalue weighted by molar-refractivity contribution is -0.385. The van der Waals surface area contributed by atoms with E-state index in [1.165, 1.54) is 0 Å². The van der Waals surface area contributed by atoms with Crippen molar-refractivity contribution in [3.63, 3.8) is 0 Å². The smallest absolute Gasteiger partial charge is 0.282 e. The molecule has 0 aliphatic rings. The Balaban J connectivity index is 3.65. The van der Waals surface area contributed by atoms with Gasteiger partial charge in [-0.15, -0.1) is 0 Å². The van der Waals surface area contributed by atoms with Crippen LogP contribution in [0.5, 0.6) is 0 Å². The summed E-state index contributed by atoms with van der Waals surface area (Å²) in [5, 5.41) is 19.5. The van der Waals surface area contributed by atoms with Gasteiger partial charge in [-0.1, -0.05) is 15.9 Å². The van der Waals surface area contributed by atoms with Crippen LogP contribution in [0, 0.1) is 21.4 Å². The zero-order valence-corrected chi connectivity index (χ0v) is 9.93. The number of halogens is 1. The van der Waals surface area contributed by atoms with E-state index in [0.29, 0.717) is 6.29 Å². The van der Waals surface area contributed by atoms with Crippen LogP contribution in [0.15, 0.2) is 12.1 Å². The van der Waals surface area contributed by atoms with Crippen molar-refractivity contribution in [3.05, 3.63) is 38.9 Å². The van der Waals surface area contributed by atoms with Crippen molar-refractivity contribution in [1.82, 2.24) is 0 Å². The Morgan fingerprint density at radius 3 is 2.65 bits per heavy atom. The van der Waals surface area contributed by atoms with Crippen molar-refractivity contribution in [2.45, 2.75) is 0 Å². The first kappa shape index (κ1) is 13.0. The van der Waals surface area contributed by atoms with Crippen LogP contribution < -0.4 is 0 Å². The average molecular weight is 297 g/mol.